The molecule has 25 heavy (non-hydrogen) atoms. The number of nitrogens with one attached hydrogen (secondary N) is 1. The fraction of sp³-hybridized carbons (Fsp3) is 0.412. The Morgan fingerprint density at radius 2 is 2.24 bits per heavy atom. The van der Waals surface area contributed by atoms with Crippen LogP contribution in [0.3, 0.4) is 0 Å². The van der Waals surface area contributed by atoms with Gasteiger partial charge in [-0.25, -0.2) is 9.37 Å². The summed E-state index contributed by atoms with van der Waals surface area (Å²) in [5, 5.41) is 5.88. The largest absolute Gasteiger partial charge is 0.341 e. The van der Waals surface area contributed by atoms with Gasteiger partial charge in [0.2, 0.25) is 5.91 Å². The molecule has 0 bridgehead atoms. The van der Waals surface area contributed by atoms with Crippen molar-refractivity contribution in [3.05, 3.63) is 41.2 Å². The van der Waals surface area contributed by atoms with Crippen LogP contribution in [0.1, 0.15) is 18.5 Å². The Labute approximate surface area is 163 Å². The third-order valence-electron chi connectivity index (χ3n) is 4.14. The summed E-state index contributed by atoms with van der Waals surface area (Å²) < 4.78 is 13.3. The zero-order valence-electron chi connectivity index (χ0n) is 13.9. The maximum absolute atomic E-state index is 13.3. The van der Waals surface area contributed by atoms with E-state index in [0.717, 1.165) is 42.2 Å². The molecule has 1 aromatic carbocycles. The standard InChI is InChI=1S/C17H20FN3OS.2ClH/c1-19-14-6-3-7-21(10-14)16(22)9-15-11-23-17(20-15)12-4-2-5-13(18)8-12;;/h2,4-5,8,11,14,19H,3,6-7,9-10H2,1H3;2*1H. The van der Waals surface area contributed by atoms with Gasteiger partial charge in [0.05, 0.1) is 12.1 Å². The van der Waals surface area contributed by atoms with Crippen molar-refractivity contribution >= 4 is 42.1 Å². The number of piperidine rings is 1. The number of benzene rings is 1. The molecule has 0 radical (unpaired) electrons. The van der Waals surface area contributed by atoms with Gasteiger partial charge in [0, 0.05) is 30.1 Å². The van der Waals surface area contributed by atoms with E-state index in [0.29, 0.717) is 12.5 Å². The zero-order chi connectivity index (χ0) is 16.2. The fourth-order valence-corrected chi connectivity index (χ4v) is 3.67. The first-order chi connectivity index (χ1) is 11.2. The SMILES string of the molecule is CNC1CCCN(C(=O)Cc2csc(-c3cccc(F)c3)n2)C1.Cl.Cl. The van der Waals surface area contributed by atoms with Gasteiger partial charge in [-0.15, -0.1) is 36.2 Å². The minimum absolute atomic E-state index is 0. The predicted octanol–water partition coefficient (Wildman–Crippen LogP) is 3.55. The number of rotatable bonds is 4. The highest BCUT2D eigenvalue weighted by molar-refractivity contribution is 7.13. The third kappa shape index (κ3) is 5.64. The Hall–Kier alpha value is -1.21. The molecule has 0 saturated carbocycles. The van der Waals surface area contributed by atoms with Crippen molar-refractivity contribution in [2.24, 2.45) is 0 Å². The summed E-state index contributed by atoms with van der Waals surface area (Å²) in [6.45, 7) is 1.58. The van der Waals surface area contributed by atoms with Gasteiger partial charge in [0.15, 0.2) is 0 Å². The second kappa shape index (κ2) is 10.1. The molecule has 3 rings (SSSR count). The monoisotopic (exact) mass is 405 g/mol. The lowest BCUT2D eigenvalue weighted by molar-refractivity contribution is -0.131. The first-order valence-corrected chi connectivity index (χ1v) is 8.69. The number of hydrogen-bond acceptors (Lipinski definition) is 4. The van der Waals surface area contributed by atoms with Crippen molar-refractivity contribution in [3.63, 3.8) is 0 Å². The predicted molar refractivity (Wildman–Crippen MR) is 104 cm³/mol. The molecule has 1 aliphatic heterocycles. The van der Waals surface area contributed by atoms with E-state index in [1.165, 1.54) is 23.5 Å². The quantitative estimate of drug-likeness (QED) is 0.845. The normalized spacial score (nSPS) is 16.7. The minimum Gasteiger partial charge on any atom is -0.341 e. The lowest BCUT2D eigenvalue weighted by Gasteiger charge is -2.32. The van der Waals surface area contributed by atoms with E-state index in [1.54, 1.807) is 6.07 Å². The molecule has 0 aliphatic carbocycles. The van der Waals surface area contributed by atoms with Crippen LogP contribution < -0.4 is 5.32 Å². The molecule has 1 aromatic heterocycles. The molecule has 1 fully saturated rings. The number of halogens is 3. The number of carbonyl (C=O) groups is 1. The topological polar surface area (TPSA) is 45.2 Å². The van der Waals surface area contributed by atoms with Crippen LogP contribution in [0, 0.1) is 5.82 Å². The average molecular weight is 406 g/mol. The summed E-state index contributed by atoms with van der Waals surface area (Å²) in [6, 6.07) is 6.76. The van der Waals surface area contributed by atoms with Gasteiger partial charge in [0.25, 0.3) is 0 Å². The molecule has 2 heterocycles. The molecule has 138 valence electrons. The molecular formula is C17H22Cl2FN3OS. The van der Waals surface area contributed by atoms with Crippen LogP contribution in [0.15, 0.2) is 29.6 Å². The average Bonchev–Trinajstić information content (AvgIpc) is 3.03. The number of likely N-dealkylation sites (tertiary alicyclic amines) is 1. The highest BCUT2D eigenvalue weighted by Crippen LogP contribution is 2.24. The maximum atomic E-state index is 13.3. The molecule has 1 atom stereocenters. The molecule has 1 saturated heterocycles. The van der Waals surface area contributed by atoms with Crippen LogP contribution in [0.5, 0.6) is 0 Å². The van der Waals surface area contributed by atoms with Crippen molar-refractivity contribution in [3.8, 4) is 10.6 Å². The van der Waals surface area contributed by atoms with Gasteiger partial charge < -0.3 is 10.2 Å². The molecule has 4 nitrogen and oxygen atoms in total. The zero-order valence-corrected chi connectivity index (χ0v) is 16.4. The summed E-state index contributed by atoms with van der Waals surface area (Å²) in [7, 11) is 1.93. The Kier molecular flexibility index (Phi) is 8.79. The smallest absolute Gasteiger partial charge is 0.228 e. The Morgan fingerprint density at radius 3 is 2.96 bits per heavy atom. The molecule has 1 N–H and O–H groups in total. The molecule has 1 unspecified atom stereocenters. The summed E-state index contributed by atoms with van der Waals surface area (Å²) in [5.41, 5.74) is 1.51. The molecule has 0 spiro atoms. The van der Waals surface area contributed by atoms with Crippen LogP contribution >= 0.6 is 36.2 Å². The van der Waals surface area contributed by atoms with Gasteiger partial charge in [-0.2, -0.15) is 0 Å². The van der Waals surface area contributed by atoms with Crippen LogP contribution in [-0.4, -0.2) is 42.0 Å². The number of amides is 1. The first kappa shape index (κ1) is 21.8. The molecular weight excluding hydrogens is 384 g/mol. The number of carbonyl (C=O) groups excluding carboxylic acids is 1. The van der Waals surface area contributed by atoms with Crippen LogP contribution in [0.25, 0.3) is 10.6 Å². The lowest BCUT2D eigenvalue weighted by atomic mass is 10.1. The van der Waals surface area contributed by atoms with E-state index >= 15 is 0 Å². The van der Waals surface area contributed by atoms with Crippen molar-refractivity contribution in [1.82, 2.24) is 15.2 Å². The van der Waals surface area contributed by atoms with Crippen molar-refractivity contribution < 1.29 is 9.18 Å². The Bertz CT molecular complexity index is 698. The molecule has 1 aliphatic rings. The highest BCUT2D eigenvalue weighted by atomic mass is 35.5. The van der Waals surface area contributed by atoms with E-state index in [-0.39, 0.29) is 36.5 Å². The van der Waals surface area contributed by atoms with Gasteiger partial charge in [-0.3, -0.25) is 4.79 Å². The van der Waals surface area contributed by atoms with E-state index in [1.807, 2.05) is 23.4 Å². The van der Waals surface area contributed by atoms with E-state index < -0.39 is 0 Å². The van der Waals surface area contributed by atoms with Crippen molar-refractivity contribution in [2.45, 2.75) is 25.3 Å². The number of hydrogen-bond donors (Lipinski definition) is 1. The number of thiazole rings is 1. The fourth-order valence-electron chi connectivity index (χ4n) is 2.85. The molecule has 2 aromatic rings. The number of aromatic nitrogens is 1. The van der Waals surface area contributed by atoms with E-state index in [2.05, 4.69) is 10.3 Å². The number of nitrogens with zero attached hydrogens (tertiary/aromatic N) is 2. The van der Waals surface area contributed by atoms with E-state index in [9.17, 15) is 9.18 Å². The Balaban J connectivity index is 0.00000156. The van der Waals surface area contributed by atoms with Crippen molar-refractivity contribution in [1.29, 1.82) is 0 Å². The minimum atomic E-state index is -0.276. The van der Waals surface area contributed by atoms with Crippen molar-refractivity contribution in [2.75, 3.05) is 20.1 Å². The maximum Gasteiger partial charge on any atom is 0.228 e. The molecule has 1 amide bonds. The summed E-state index contributed by atoms with van der Waals surface area (Å²) >= 11 is 1.44. The number of likely N-dealkylation sites (N-methyl/N-ethyl adjacent to an activating group) is 1. The summed E-state index contributed by atoms with van der Waals surface area (Å²) in [4.78, 5) is 18.8. The van der Waals surface area contributed by atoms with Crippen LogP contribution in [-0.2, 0) is 11.2 Å². The molecule has 8 heteroatoms. The highest BCUT2D eigenvalue weighted by Gasteiger charge is 2.23. The summed E-state index contributed by atoms with van der Waals surface area (Å²) in [5.74, 6) is -0.164. The summed E-state index contributed by atoms with van der Waals surface area (Å²) in [6.07, 6.45) is 2.45. The van der Waals surface area contributed by atoms with Crippen LogP contribution in [0.4, 0.5) is 4.39 Å². The van der Waals surface area contributed by atoms with Gasteiger partial charge in [-0.05, 0) is 32.0 Å². The second-order valence-corrected chi connectivity index (χ2v) is 6.66. The van der Waals surface area contributed by atoms with Crippen LogP contribution in [0.2, 0.25) is 0 Å². The van der Waals surface area contributed by atoms with E-state index in [4.69, 9.17) is 0 Å². The lowest BCUT2D eigenvalue weighted by Crippen LogP contribution is -2.47. The van der Waals surface area contributed by atoms with Gasteiger partial charge >= 0.3 is 0 Å². The van der Waals surface area contributed by atoms with Gasteiger partial charge in [0.1, 0.15) is 10.8 Å². The Morgan fingerprint density at radius 1 is 1.44 bits per heavy atom. The third-order valence-corrected chi connectivity index (χ3v) is 5.08. The first-order valence-electron chi connectivity index (χ1n) is 7.81. The van der Waals surface area contributed by atoms with Gasteiger partial charge in [-0.1, -0.05) is 12.1 Å². The second-order valence-electron chi connectivity index (χ2n) is 5.80.